The molecule has 7 heteroatoms. The summed E-state index contributed by atoms with van der Waals surface area (Å²) in [5, 5.41) is 12.3. The van der Waals surface area contributed by atoms with Crippen LogP contribution in [-0.4, -0.2) is 59.7 Å². The predicted octanol–water partition coefficient (Wildman–Crippen LogP) is 2.94. The van der Waals surface area contributed by atoms with Crippen molar-refractivity contribution in [3.8, 4) is 0 Å². The summed E-state index contributed by atoms with van der Waals surface area (Å²) in [6, 6.07) is 8.42. The Morgan fingerprint density at radius 3 is 2.69 bits per heavy atom. The molecular weight excluding hydrogens is 440 g/mol. The highest BCUT2D eigenvalue weighted by Gasteiger charge is 2.26. The van der Waals surface area contributed by atoms with Gasteiger partial charge in [-0.1, -0.05) is 18.2 Å². The minimum Gasteiger partial charge on any atom is -0.395 e. The fourth-order valence-electron chi connectivity index (χ4n) is 5.52. The average molecular weight is 479 g/mol. The van der Waals surface area contributed by atoms with Crippen molar-refractivity contribution in [3.05, 3.63) is 74.7 Å². The Balaban J connectivity index is 1.63. The number of nitrogens with zero attached hydrogens (tertiary/aromatic N) is 2. The van der Waals surface area contributed by atoms with Crippen LogP contribution in [0.25, 0.3) is 0 Å². The van der Waals surface area contributed by atoms with E-state index in [1.165, 1.54) is 0 Å². The van der Waals surface area contributed by atoms with Gasteiger partial charge >= 0.3 is 0 Å². The highest BCUT2D eigenvalue weighted by atomic mass is 16.3. The molecule has 0 aliphatic carbocycles. The van der Waals surface area contributed by atoms with Crippen molar-refractivity contribution in [1.29, 1.82) is 0 Å². The summed E-state index contributed by atoms with van der Waals surface area (Å²) >= 11 is 0. The molecule has 188 valence electrons. The predicted molar refractivity (Wildman–Crippen MR) is 140 cm³/mol. The van der Waals surface area contributed by atoms with Crippen molar-refractivity contribution >= 4 is 11.6 Å². The van der Waals surface area contributed by atoms with E-state index in [0.29, 0.717) is 23.6 Å². The number of anilines is 1. The number of piperidine rings is 1. The molecule has 1 amide bonds. The van der Waals surface area contributed by atoms with Crippen molar-refractivity contribution in [1.82, 2.24) is 15.2 Å². The summed E-state index contributed by atoms with van der Waals surface area (Å²) in [5.41, 5.74) is 5.19. The number of aromatic amines is 1. The number of fused-ring (bicyclic) bond motifs is 2. The van der Waals surface area contributed by atoms with E-state index in [4.69, 9.17) is 0 Å². The van der Waals surface area contributed by atoms with Gasteiger partial charge in [0.15, 0.2) is 0 Å². The zero-order valence-electron chi connectivity index (χ0n) is 21.0. The second-order valence-electron chi connectivity index (χ2n) is 9.57. The van der Waals surface area contributed by atoms with Crippen LogP contribution in [0.15, 0.2) is 41.2 Å². The molecule has 3 heterocycles. The lowest BCUT2D eigenvalue weighted by molar-refractivity contribution is 0.0950. The maximum absolute atomic E-state index is 13.4. The molecule has 1 aromatic heterocycles. The maximum atomic E-state index is 13.4. The molecule has 1 saturated heterocycles. The molecule has 1 aromatic carbocycles. The quantitative estimate of drug-likeness (QED) is 0.575. The molecule has 3 N–H and O–H groups in total. The van der Waals surface area contributed by atoms with E-state index in [9.17, 15) is 14.7 Å². The molecule has 2 aromatic rings. The van der Waals surface area contributed by atoms with Gasteiger partial charge in [0, 0.05) is 61.3 Å². The van der Waals surface area contributed by atoms with Crippen LogP contribution >= 0.6 is 0 Å². The number of allylic oxidation sites excluding steroid dienone is 2. The molecule has 7 nitrogen and oxygen atoms in total. The normalized spacial score (nSPS) is 18.5. The summed E-state index contributed by atoms with van der Waals surface area (Å²) in [7, 11) is 0. The summed E-state index contributed by atoms with van der Waals surface area (Å²) < 4.78 is 0. The first-order valence-corrected chi connectivity index (χ1v) is 12.9. The Labute approximate surface area is 207 Å². The fourth-order valence-corrected chi connectivity index (χ4v) is 5.52. The second kappa shape index (κ2) is 11.7. The molecule has 2 aliphatic heterocycles. The smallest absolute Gasteiger partial charge is 0.253 e. The summed E-state index contributed by atoms with van der Waals surface area (Å²) in [6.07, 6.45) is 8.73. The first-order valence-electron chi connectivity index (χ1n) is 12.9. The lowest BCUT2D eigenvalue weighted by Gasteiger charge is -2.40. The van der Waals surface area contributed by atoms with Gasteiger partial charge in [-0.3, -0.25) is 9.59 Å². The van der Waals surface area contributed by atoms with Gasteiger partial charge < -0.3 is 25.2 Å². The fraction of sp³-hybridized carbons (Fsp3) is 0.500. The van der Waals surface area contributed by atoms with Crippen LogP contribution in [-0.2, 0) is 19.4 Å². The van der Waals surface area contributed by atoms with Crippen LogP contribution in [0.4, 0.5) is 5.69 Å². The molecule has 4 rings (SSSR count). The molecular formula is C28H38N4O3. The number of nitrogens with one attached hydrogen (secondary N) is 2. The number of aromatic nitrogens is 1. The van der Waals surface area contributed by atoms with E-state index in [1.807, 2.05) is 25.1 Å². The first kappa shape index (κ1) is 25.2. The lowest BCUT2D eigenvalue weighted by Crippen LogP contribution is -2.46. The molecule has 0 saturated carbocycles. The van der Waals surface area contributed by atoms with E-state index >= 15 is 0 Å². The molecule has 0 unspecified atom stereocenters. The topological polar surface area (TPSA) is 88.7 Å². The monoisotopic (exact) mass is 478 g/mol. The number of hydrogen-bond donors (Lipinski definition) is 3. The Hall–Kier alpha value is -2.90. The molecule has 2 aliphatic rings. The molecule has 0 spiro atoms. The van der Waals surface area contributed by atoms with Gasteiger partial charge in [-0.05, 0) is 75.3 Å². The van der Waals surface area contributed by atoms with Gasteiger partial charge in [0.25, 0.3) is 11.5 Å². The average Bonchev–Trinajstić information content (AvgIpc) is 2.84. The van der Waals surface area contributed by atoms with Crippen molar-refractivity contribution in [2.75, 3.05) is 37.7 Å². The zero-order valence-corrected chi connectivity index (χ0v) is 21.0. The number of aryl methyl sites for hydroxylation is 2. The zero-order chi connectivity index (χ0) is 24.8. The van der Waals surface area contributed by atoms with Crippen molar-refractivity contribution < 1.29 is 9.90 Å². The molecule has 0 atom stereocenters. The van der Waals surface area contributed by atoms with Crippen LogP contribution in [0, 0.1) is 6.92 Å². The standard InChI is InChI=1S/C28H38N4O3/c1-3-32(22-12-14-31(15-13-22)16-17-33)26-11-7-10-24-23(26)9-6-4-5-8-21-18-20(2)30-28(35)25(21)19-29-27(24)34/h4,6-7,10-11,18,22,33H,3,5,8-9,12-17,19H2,1-2H3,(H,29,34)(H,30,35)/b6-4-. The Morgan fingerprint density at radius 1 is 1.14 bits per heavy atom. The molecule has 0 radical (unpaired) electrons. The van der Waals surface area contributed by atoms with Crippen molar-refractivity contribution in [3.63, 3.8) is 0 Å². The largest absolute Gasteiger partial charge is 0.395 e. The van der Waals surface area contributed by atoms with Crippen molar-refractivity contribution in [2.45, 2.75) is 58.5 Å². The SMILES string of the molecule is CCN(c1cccc2c1C/C=C\CCc1cc(C)[nH]c(=O)c1CNC2=O)C1CCN(CCO)CC1. The third-order valence-electron chi connectivity index (χ3n) is 7.32. The van der Waals surface area contributed by atoms with E-state index in [2.05, 4.69) is 45.2 Å². The summed E-state index contributed by atoms with van der Waals surface area (Å²) in [5.74, 6) is -0.143. The Morgan fingerprint density at radius 2 is 1.94 bits per heavy atom. The number of aliphatic hydroxyl groups excluding tert-OH is 1. The van der Waals surface area contributed by atoms with Gasteiger partial charge in [0.2, 0.25) is 0 Å². The van der Waals surface area contributed by atoms with Crippen LogP contribution in [0.2, 0.25) is 0 Å². The number of aliphatic hydroxyl groups is 1. The van der Waals surface area contributed by atoms with Gasteiger partial charge in [-0.25, -0.2) is 0 Å². The number of H-pyrrole nitrogens is 1. The molecule has 0 bridgehead atoms. The van der Waals surface area contributed by atoms with Crippen LogP contribution < -0.4 is 15.8 Å². The van der Waals surface area contributed by atoms with E-state index in [0.717, 1.165) is 74.4 Å². The van der Waals surface area contributed by atoms with Gasteiger partial charge in [-0.15, -0.1) is 0 Å². The van der Waals surface area contributed by atoms with Crippen LogP contribution in [0.3, 0.4) is 0 Å². The maximum Gasteiger partial charge on any atom is 0.253 e. The number of benzene rings is 1. The number of carbonyl (C=O) groups is 1. The number of β-amino-alcohol motifs (C(OH)–C–C–N with tert-alkyl or cyclic N) is 1. The number of amides is 1. The van der Waals surface area contributed by atoms with Gasteiger partial charge in [0.05, 0.1) is 6.61 Å². The number of hydrogen-bond acceptors (Lipinski definition) is 5. The third-order valence-corrected chi connectivity index (χ3v) is 7.32. The number of likely N-dealkylation sites (tertiary alicyclic amines) is 1. The Bertz CT molecular complexity index is 1120. The van der Waals surface area contributed by atoms with Crippen molar-refractivity contribution in [2.24, 2.45) is 0 Å². The van der Waals surface area contributed by atoms with E-state index in [-0.39, 0.29) is 24.6 Å². The lowest BCUT2D eigenvalue weighted by atomic mass is 9.96. The second-order valence-corrected chi connectivity index (χ2v) is 9.57. The first-order chi connectivity index (χ1) is 17.0. The number of pyridine rings is 1. The van der Waals surface area contributed by atoms with Crippen LogP contribution in [0.1, 0.15) is 58.9 Å². The van der Waals surface area contributed by atoms with E-state index in [1.54, 1.807) is 0 Å². The number of rotatable bonds is 5. The molecule has 35 heavy (non-hydrogen) atoms. The van der Waals surface area contributed by atoms with Gasteiger partial charge in [0.1, 0.15) is 0 Å². The van der Waals surface area contributed by atoms with E-state index < -0.39 is 0 Å². The summed E-state index contributed by atoms with van der Waals surface area (Å²) in [6.45, 7) is 8.04. The minimum atomic E-state index is -0.143. The van der Waals surface area contributed by atoms with Crippen LogP contribution in [0.5, 0.6) is 0 Å². The van der Waals surface area contributed by atoms with Gasteiger partial charge in [-0.2, -0.15) is 0 Å². The highest BCUT2D eigenvalue weighted by Crippen LogP contribution is 2.30. The minimum absolute atomic E-state index is 0.125. The molecule has 1 fully saturated rings. The third kappa shape index (κ3) is 5.85. The highest BCUT2D eigenvalue weighted by molar-refractivity contribution is 5.97. The summed E-state index contributed by atoms with van der Waals surface area (Å²) in [4.78, 5) is 33.6. The Kier molecular flexibility index (Phi) is 8.42. The number of carbonyl (C=O) groups excluding carboxylic acids is 1.